The lowest BCUT2D eigenvalue weighted by atomic mass is 10.5. The van der Waals surface area contributed by atoms with Crippen molar-refractivity contribution in [2.75, 3.05) is 0 Å². The van der Waals surface area contributed by atoms with E-state index in [0.717, 1.165) is 0 Å². The molecule has 0 aliphatic heterocycles. The number of primary sulfonamides is 1. The van der Waals surface area contributed by atoms with Gasteiger partial charge in [-0.3, -0.25) is 4.68 Å². The molecule has 1 heterocycles. The molecule has 0 amide bonds. The SMILES string of the molecule is CCn1nc(C)cc1S(N)(=O)=O. The first-order chi connectivity index (χ1) is 5.45. The largest absolute Gasteiger partial charge is 0.255 e. The van der Waals surface area contributed by atoms with Crippen molar-refractivity contribution in [1.29, 1.82) is 0 Å². The summed E-state index contributed by atoms with van der Waals surface area (Å²) < 4.78 is 23.3. The standard InChI is InChI=1S/C6H11N3O2S/c1-3-9-6(12(7,10)11)4-5(2)8-9/h4H,3H2,1-2H3,(H2,7,10,11). The summed E-state index contributed by atoms with van der Waals surface area (Å²) in [5, 5.41) is 8.98. The number of nitrogens with two attached hydrogens (primary N) is 1. The predicted molar refractivity (Wildman–Crippen MR) is 44.0 cm³/mol. The van der Waals surface area contributed by atoms with Crippen LogP contribution in [-0.2, 0) is 16.6 Å². The van der Waals surface area contributed by atoms with Crippen molar-refractivity contribution in [3.05, 3.63) is 11.8 Å². The monoisotopic (exact) mass is 189 g/mol. The summed E-state index contributed by atoms with van der Waals surface area (Å²) in [6.45, 7) is 4.03. The average molecular weight is 189 g/mol. The summed E-state index contributed by atoms with van der Waals surface area (Å²) in [5.41, 5.74) is 0.654. The number of aromatic nitrogens is 2. The molecule has 6 heteroatoms. The van der Waals surface area contributed by atoms with Gasteiger partial charge in [0, 0.05) is 6.54 Å². The molecule has 0 aliphatic rings. The van der Waals surface area contributed by atoms with E-state index in [1.54, 1.807) is 13.8 Å². The maximum atomic E-state index is 10.9. The van der Waals surface area contributed by atoms with Crippen molar-refractivity contribution in [3.8, 4) is 0 Å². The Morgan fingerprint density at radius 2 is 2.25 bits per heavy atom. The highest BCUT2D eigenvalue weighted by molar-refractivity contribution is 7.89. The van der Waals surface area contributed by atoms with Crippen molar-refractivity contribution in [1.82, 2.24) is 9.78 Å². The summed E-state index contributed by atoms with van der Waals surface area (Å²) in [5.74, 6) is 0. The van der Waals surface area contributed by atoms with Gasteiger partial charge in [-0.25, -0.2) is 13.6 Å². The van der Waals surface area contributed by atoms with Gasteiger partial charge in [-0.15, -0.1) is 0 Å². The molecule has 5 nitrogen and oxygen atoms in total. The highest BCUT2D eigenvalue weighted by Gasteiger charge is 2.14. The zero-order valence-corrected chi connectivity index (χ0v) is 7.80. The van der Waals surface area contributed by atoms with Gasteiger partial charge in [0.2, 0.25) is 0 Å². The molecule has 0 bridgehead atoms. The number of aryl methyl sites for hydroxylation is 2. The molecule has 0 atom stereocenters. The molecule has 68 valence electrons. The minimum absolute atomic E-state index is 0.0718. The van der Waals surface area contributed by atoms with Crippen molar-refractivity contribution in [2.24, 2.45) is 5.14 Å². The molecule has 0 aromatic carbocycles. The molecule has 0 radical (unpaired) electrons. The Bertz CT molecular complexity index is 379. The van der Waals surface area contributed by atoms with Gasteiger partial charge in [-0.1, -0.05) is 0 Å². The highest BCUT2D eigenvalue weighted by atomic mass is 32.2. The first-order valence-corrected chi connectivity index (χ1v) is 5.07. The van der Waals surface area contributed by atoms with Crippen LogP contribution >= 0.6 is 0 Å². The molecular weight excluding hydrogens is 178 g/mol. The van der Waals surface area contributed by atoms with Gasteiger partial charge in [0.1, 0.15) is 0 Å². The molecule has 0 spiro atoms. The van der Waals surface area contributed by atoms with Gasteiger partial charge in [0.15, 0.2) is 5.03 Å². The van der Waals surface area contributed by atoms with E-state index in [0.29, 0.717) is 12.2 Å². The lowest BCUT2D eigenvalue weighted by Gasteiger charge is -1.99. The molecule has 1 aromatic heterocycles. The minimum atomic E-state index is -3.62. The maximum Gasteiger partial charge on any atom is 0.255 e. The normalized spacial score (nSPS) is 11.9. The molecule has 0 aliphatic carbocycles. The van der Waals surface area contributed by atoms with Crippen LogP contribution in [0, 0.1) is 6.92 Å². The summed E-state index contributed by atoms with van der Waals surface area (Å²) in [6.07, 6.45) is 0. The lowest BCUT2D eigenvalue weighted by Crippen LogP contribution is -2.17. The van der Waals surface area contributed by atoms with Crippen LogP contribution in [0.2, 0.25) is 0 Å². The van der Waals surface area contributed by atoms with Crippen LogP contribution in [0.15, 0.2) is 11.1 Å². The molecule has 1 rings (SSSR count). The first kappa shape index (κ1) is 9.21. The minimum Gasteiger partial charge on any atom is -0.253 e. The van der Waals surface area contributed by atoms with Gasteiger partial charge in [-0.2, -0.15) is 5.10 Å². The third-order valence-corrected chi connectivity index (χ3v) is 2.37. The van der Waals surface area contributed by atoms with Gasteiger partial charge in [0.25, 0.3) is 10.0 Å². The van der Waals surface area contributed by atoms with E-state index in [-0.39, 0.29) is 5.03 Å². The fourth-order valence-electron chi connectivity index (χ4n) is 0.977. The van der Waals surface area contributed by atoms with E-state index in [1.165, 1.54) is 10.7 Å². The molecular formula is C6H11N3O2S. The van der Waals surface area contributed by atoms with Gasteiger partial charge >= 0.3 is 0 Å². The van der Waals surface area contributed by atoms with Crippen LogP contribution in [0.4, 0.5) is 0 Å². The molecule has 0 fully saturated rings. The zero-order chi connectivity index (χ0) is 9.35. The molecule has 0 saturated carbocycles. The molecule has 0 saturated heterocycles. The second-order valence-corrected chi connectivity index (χ2v) is 3.99. The second-order valence-electron chi connectivity index (χ2n) is 2.48. The fraction of sp³-hybridized carbons (Fsp3) is 0.500. The van der Waals surface area contributed by atoms with Crippen molar-refractivity contribution >= 4 is 10.0 Å². The van der Waals surface area contributed by atoms with E-state index in [2.05, 4.69) is 5.10 Å². The van der Waals surface area contributed by atoms with Crippen molar-refractivity contribution in [3.63, 3.8) is 0 Å². The van der Waals surface area contributed by atoms with Crippen LogP contribution in [-0.4, -0.2) is 18.2 Å². The summed E-state index contributed by atoms with van der Waals surface area (Å²) in [7, 11) is -3.62. The number of sulfonamides is 1. The van der Waals surface area contributed by atoms with Crippen LogP contribution in [0.25, 0.3) is 0 Å². The lowest BCUT2D eigenvalue weighted by molar-refractivity contribution is 0.554. The first-order valence-electron chi connectivity index (χ1n) is 3.52. The van der Waals surface area contributed by atoms with Crippen molar-refractivity contribution < 1.29 is 8.42 Å². The van der Waals surface area contributed by atoms with Gasteiger partial charge in [0.05, 0.1) is 5.69 Å². The third kappa shape index (κ3) is 1.64. The molecule has 0 unspecified atom stereocenters. The van der Waals surface area contributed by atoms with E-state index >= 15 is 0 Å². The van der Waals surface area contributed by atoms with E-state index in [1.807, 2.05) is 0 Å². The van der Waals surface area contributed by atoms with E-state index in [4.69, 9.17) is 5.14 Å². The smallest absolute Gasteiger partial charge is 0.253 e. The summed E-state index contributed by atoms with van der Waals surface area (Å²) in [6, 6.07) is 1.46. The molecule has 1 aromatic rings. The Hall–Kier alpha value is -0.880. The van der Waals surface area contributed by atoms with E-state index < -0.39 is 10.0 Å². The summed E-state index contributed by atoms with van der Waals surface area (Å²) in [4.78, 5) is 0. The quantitative estimate of drug-likeness (QED) is 0.703. The number of nitrogens with zero attached hydrogens (tertiary/aromatic N) is 2. The Kier molecular flexibility index (Phi) is 2.20. The number of rotatable bonds is 2. The predicted octanol–water partition coefficient (Wildman–Crippen LogP) is -0.141. The van der Waals surface area contributed by atoms with Crippen molar-refractivity contribution in [2.45, 2.75) is 25.4 Å². The Morgan fingerprint density at radius 3 is 2.58 bits per heavy atom. The summed E-state index contributed by atoms with van der Waals surface area (Å²) >= 11 is 0. The van der Waals surface area contributed by atoms with Gasteiger partial charge in [-0.05, 0) is 19.9 Å². The number of hydrogen-bond donors (Lipinski definition) is 1. The topological polar surface area (TPSA) is 78.0 Å². The van der Waals surface area contributed by atoms with Crippen LogP contribution in [0.3, 0.4) is 0 Å². The van der Waals surface area contributed by atoms with Gasteiger partial charge < -0.3 is 0 Å². The third-order valence-electron chi connectivity index (χ3n) is 1.46. The molecule has 12 heavy (non-hydrogen) atoms. The Morgan fingerprint density at radius 1 is 1.67 bits per heavy atom. The second kappa shape index (κ2) is 2.87. The van der Waals surface area contributed by atoms with E-state index in [9.17, 15) is 8.42 Å². The van der Waals surface area contributed by atoms with Crippen LogP contribution in [0.5, 0.6) is 0 Å². The fourth-order valence-corrected chi connectivity index (χ4v) is 1.78. The van der Waals surface area contributed by atoms with Crippen LogP contribution in [0.1, 0.15) is 12.6 Å². The Balaban J connectivity index is 3.33. The zero-order valence-electron chi connectivity index (χ0n) is 6.98. The highest BCUT2D eigenvalue weighted by Crippen LogP contribution is 2.08. The number of hydrogen-bond acceptors (Lipinski definition) is 3. The Labute approximate surface area is 71.2 Å². The molecule has 2 N–H and O–H groups in total. The average Bonchev–Trinajstić information content (AvgIpc) is 2.29. The van der Waals surface area contributed by atoms with Crippen LogP contribution < -0.4 is 5.14 Å². The maximum absolute atomic E-state index is 10.9.